The average molecular weight is 359 g/mol. The standard InChI is InChI=1S/C20H22FNO4/c21-17-12-16(6-7-18(17)22-8-10-25-11-9-22)13-19(23)20(24)26-14-15-4-2-1-3-5-15/h1-7,12,19,23H,8-11,13-14H2/t19-/m1/s1. The molecule has 138 valence electrons. The molecule has 0 aromatic heterocycles. The van der Waals surface area contributed by atoms with Crippen LogP contribution in [0.4, 0.5) is 10.1 Å². The molecule has 1 aliphatic heterocycles. The number of ether oxygens (including phenoxy) is 2. The lowest BCUT2D eigenvalue weighted by atomic mass is 10.1. The molecule has 0 amide bonds. The first-order chi connectivity index (χ1) is 12.6. The van der Waals surface area contributed by atoms with Crippen molar-refractivity contribution in [2.45, 2.75) is 19.1 Å². The van der Waals surface area contributed by atoms with Gasteiger partial charge < -0.3 is 19.5 Å². The number of anilines is 1. The normalized spacial score (nSPS) is 15.5. The fourth-order valence-electron chi connectivity index (χ4n) is 2.87. The summed E-state index contributed by atoms with van der Waals surface area (Å²) in [6.45, 7) is 2.54. The summed E-state index contributed by atoms with van der Waals surface area (Å²) in [5.41, 5.74) is 1.90. The molecule has 6 heteroatoms. The topological polar surface area (TPSA) is 59.0 Å². The van der Waals surface area contributed by atoms with Gasteiger partial charge in [-0.1, -0.05) is 36.4 Å². The Morgan fingerprint density at radius 2 is 1.88 bits per heavy atom. The van der Waals surface area contributed by atoms with Crippen LogP contribution in [0.25, 0.3) is 0 Å². The van der Waals surface area contributed by atoms with Gasteiger partial charge in [-0.15, -0.1) is 0 Å². The van der Waals surface area contributed by atoms with Crippen molar-refractivity contribution in [2.75, 3.05) is 31.2 Å². The van der Waals surface area contributed by atoms with E-state index in [0.29, 0.717) is 37.6 Å². The molecule has 1 heterocycles. The Labute approximate surface area is 152 Å². The van der Waals surface area contributed by atoms with Crippen molar-refractivity contribution in [2.24, 2.45) is 0 Å². The quantitative estimate of drug-likeness (QED) is 0.802. The minimum Gasteiger partial charge on any atom is -0.459 e. The largest absolute Gasteiger partial charge is 0.459 e. The van der Waals surface area contributed by atoms with E-state index >= 15 is 0 Å². The highest BCUT2D eigenvalue weighted by Crippen LogP contribution is 2.22. The lowest BCUT2D eigenvalue weighted by Crippen LogP contribution is -2.36. The molecule has 1 saturated heterocycles. The highest BCUT2D eigenvalue weighted by Gasteiger charge is 2.20. The van der Waals surface area contributed by atoms with Crippen LogP contribution in [0.2, 0.25) is 0 Å². The molecule has 0 saturated carbocycles. The molecule has 1 atom stereocenters. The van der Waals surface area contributed by atoms with Crippen molar-refractivity contribution in [1.29, 1.82) is 0 Å². The van der Waals surface area contributed by atoms with Gasteiger partial charge in [-0.2, -0.15) is 0 Å². The Hall–Kier alpha value is -2.44. The summed E-state index contributed by atoms with van der Waals surface area (Å²) in [5.74, 6) is -1.08. The Balaban J connectivity index is 1.55. The first-order valence-electron chi connectivity index (χ1n) is 8.63. The van der Waals surface area contributed by atoms with Crippen molar-refractivity contribution in [3.05, 3.63) is 65.5 Å². The maximum atomic E-state index is 14.4. The third kappa shape index (κ3) is 4.80. The van der Waals surface area contributed by atoms with E-state index < -0.39 is 12.1 Å². The van der Waals surface area contributed by atoms with Gasteiger partial charge in [0.1, 0.15) is 12.4 Å². The Bertz CT molecular complexity index is 732. The Morgan fingerprint density at radius 3 is 2.58 bits per heavy atom. The van der Waals surface area contributed by atoms with Gasteiger partial charge in [0.05, 0.1) is 18.9 Å². The first-order valence-corrected chi connectivity index (χ1v) is 8.63. The molecule has 3 rings (SSSR count). The maximum absolute atomic E-state index is 14.4. The molecule has 2 aromatic carbocycles. The van der Waals surface area contributed by atoms with Crippen molar-refractivity contribution in [1.82, 2.24) is 0 Å². The predicted octanol–water partition coefficient (Wildman–Crippen LogP) is 2.31. The van der Waals surface area contributed by atoms with Gasteiger partial charge in [0.2, 0.25) is 0 Å². The number of nitrogens with zero attached hydrogens (tertiary/aromatic N) is 1. The molecule has 0 unspecified atom stereocenters. The number of benzene rings is 2. The summed E-state index contributed by atoms with van der Waals surface area (Å²) >= 11 is 0. The van der Waals surface area contributed by atoms with Gasteiger partial charge in [-0.3, -0.25) is 0 Å². The van der Waals surface area contributed by atoms with Gasteiger partial charge in [0.25, 0.3) is 0 Å². The summed E-state index contributed by atoms with van der Waals surface area (Å²) in [6, 6.07) is 14.0. The van der Waals surface area contributed by atoms with Crippen LogP contribution in [0.5, 0.6) is 0 Å². The van der Waals surface area contributed by atoms with Crippen LogP contribution in [-0.2, 0) is 27.3 Å². The SMILES string of the molecule is O=C(OCc1ccccc1)[C@H](O)Cc1ccc(N2CCOCC2)c(F)c1. The molecular weight excluding hydrogens is 337 g/mol. The summed E-state index contributed by atoms with van der Waals surface area (Å²) in [6.07, 6.45) is -1.32. The van der Waals surface area contributed by atoms with E-state index in [-0.39, 0.29) is 18.8 Å². The summed E-state index contributed by atoms with van der Waals surface area (Å²) in [5, 5.41) is 10.0. The molecular formula is C20H22FNO4. The highest BCUT2D eigenvalue weighted by atomic mass is 19.1. The summed E-state index contributed by atoms with van der Waals surface area (Å²) in [7, 11) is 0. The van der Waals surface area contributed by atoms with Crippen LogP contribution in [0, 0.1) is 5.82 Å². The van der Waals surface area contributed by atoms with Crippen molar-refractivity contribution >= 4 is 11.7 Å². The molecule has 0 aliphatic carbocycles. The summed E-state index contributed by atoms with van der Waals surface area (Å²) in [4.78, 5) is 13.9. The van der Waals surface area contributed by atoms with Gasteiger partial charge in [-0.25, -0.2) is 9.18 Å². The number of carbonyl (C=O) groups excluding carboxylic acids is 1. The first kappa shape index (κ1) is 18.4. The number of halogens is 1. The second-order valence-electron chi connectivity index (χ2n) is 6.20. The van der Waals surface area contributed by atoms with E-state index in [0.717, 1.165) is 5.56 Å². The minimum atomic E-state index is -1.33. The number of esters is 1. The molecule has 0 spiro atoms. The molecule has 5 nitrogen and oxygen atoms in total. The van der Waals surface area contributed by atoms with E-state index in [1.165, 1.54) is 6.07 Å². The van der Waals surface area contributed by atoms with E-state index in [9.17, 15) is 14.3 Å². The number of hydrogen-bond acceptors (Lipinski definition) is 5. The van der Waals surface area contributed by atoms with Crippen molar-refractivity contribution < 1.29 is 23.8 Å². The molecule has 0 radical (unpaired) electrons. The zero-order valence-electron chi connectivity index (χ0n) is 14.4. The molecule has 1 aliphatic rings. The number of rotatable bonds is 6. The molecule has 26 heavy (non-hydrogen) atoms. The van der Waals surface area contributed by atoms with Crippen LogP contribution in [-0.4, -0.2) is 43.5 Å². The number of hydrogen-bond donors (Lipinski definition) is 1. The van der Waals surface area contributed by atoms with Crippen LogP contribution in [0.1, 0.15) is 11.1 Å². The van der Waals surface area contributed by atoms with Gasteiger partial charge in [0, 0.05) is 19.5 Å². The second-order valence-corrected chi connectivity index (χ2v) is 6.20. The number of aliphatic hydroxyl groups excluding tert-OH is 1. The fourth-order valence-corrected chi connectivity index (χ4v) is 2.87. The number of morpholine rings is 1. The zero-order valence-corrected chi connectivity index (χ0v) is 14.4. The third-order valence-corrected chi connectivity index (χ3v) is 4.29. The smallest absolute Gasteiger partial charge is 0.335 e. The summed E-state index contributed by atoms with van der Waals surface area (Å²) < 4.78 is 24.8. The molecule has 1 fully saturated rings. The van der Waals surface area contributed by atoms with Gasteiger partial charge >= 0.3 is 5.97 Å². The zero-order chi connectivity index (χ0) is 18.4. The lowest BCUT2D eigenvalue weighted by molar-refractivity contribution is -0.154. The predicted molar refractivity (Wildman–Crippen MR) is 95.4 cm³/mol. The van der Waals surface area contributed by atoms with Crippen LogP contribution >= 0.6 is 0 Å². The molecule has 1 N–H and O–H groups in total. The van der Waals surface area contributed by atoms with Gasteiger partial charge in [0.15, 0.2) is 6.10 Å². The van der Waals surface area contributed by atoms with Crippen LogP contribution < -0.4 is 4.90 Å². The van der Waals surface area contributed by atoms with Crippen molar-refractivity contribution in [3.63, 3.8) is 0 Å². The Morgan fingerprint density at radius 1 is 1.15 bits per heavy atom. The minimum absolute atomic E-state index is 0.00787. The molecule has 0 bridgehead atoms. The average Bonchev–Trinajstić information content (AvgIpc) is 2.67. The fraction of sp³-hybridized carbons (Fsp3) is 0.350. The lowest BCUT2D eigenvalue weighted by Gasteiger charge is -2.29. The maximum Gasteiger partial charge on any atom is 0.335 e. The second kappa shape index (κ2) is 8.78. The number of aliphatic hydroxyl groups is 1. The van der Waals surface area contributed by atoms with Gasteiger partial charge in [-0.05, 0) is 23.3 Å². The Kier molecular flexibility index (Phi) is 6.20. The van der Waals surface area contributed by atoms with Crippen LogP contribution in [0.3, 0.4) is 0 Å². The van der Waals surface area contributed by atoms with E-state index in [2.05, 4.69) is 0 Å². The van der Waals surface area contributed by atoms with E-state index in [1.54, 1.807) is 12.1 Å². The number of carbonyl (C=O) groups is 1. The van der Waals surface area contributed by atoms with Crippen LogP contribution in [0.15, 0.2) is 48.5 Å². The highest BCUT2D eigenvalue weighted by molar-refractivity contribution is 5.74. The van der Waals surface area contributed by atoms with Crippen molar-refractivity contribution in [3.8, 4) is 0 Å². The monoisotopic (exact) mass is 359 g/mol. The third-order valence-electron chi connectivity index (χ3n) is 4.29. The molecule has 2 aromatic rings. The van der Waals surface area contributed by atoms with E-state index in [1.807, 2.05) is 35.2 Å². The van der Waals surface area contributed by atoms with E-state index in [4.69, 9.17) is 9.47 Å².